The monoisotopic (exact) mass is 430 g/mol. The van der Waals surface area contributed by atoms with Crippen LogP contribution in [0.3, 0.4) is 0 Å². The molecule has 0 atom stereocenters. The lowest BCUT2D eigenvalue weighted by Crippen LogP contribution is -2.21. The van der Waals surface area contributed by atoms with Crippen LogP contribution in [0.15, 0.2) is 60.9 Å². The maximum absolute atomic E-state index is 12.4. The summed E-state index contributed by atoms with van der Waals surface area (Å²) in [5.74, 6) is 0.766. The largest absolute Gasteiger partial charge is 0.486 e. The zero-order chi connectivity index (χ0) is 21.9. The number of amides is 1. The van der Waals surface area contributed by atoms with Crippen molar-refractivity contribution in [3.05, 3.63) is 66.5 Å². The normalized spacial score (nSPS) is 12.4. The van der Waals surface area contributed by atoms with Crippen LogP contribution in [-0.2, 0) is 9.53 Å². The fourth-order valence-corrected chi connectivity index (χ4v) is 3.31. The summed E-state index contributed by atoms with van der Waals surface area (Å²) in [4.78, 5) is 36.4. The molecule has 0 unspecified atom stereocenters. The highest BCUT2D eigenvalue weighted by atomic mass is 16.6. The molecule has 2 aromatic carbocycles. The minimum Gasteiger partial charge on any atom is -0.486 e. The molecular formula is C23H18N4O5. The first-order valence-corrected chi connectivity index (χ1v) is 9.92. The SMILES string of the molecule is O=C(COC(=O)c1ccc2nc(-c3cccnc3)[nH]c2c1)Nc1ccc2c(c1)OCCO2. The Morgan fingerprint density at radius 3 is 2.78 bits per heavy atom. The Labute approximate surface area is 182 Å². The Morgan fingerprint density at radius 1 is 1.06 bits per heavy atom. The number of anilines is 1. The summed E-state index contributed by atoms with van der Waals surface area (Å²) in [6, 6.07) is 13.8. The standard InChI is InChI=1S/C23H18N4O5/c28-21(25-16-4-6-19-20(11-16)31-9-8-30-19)13-32-23(29)14-3-5-17-18(10-14)27-22(26-17)15-2-1-7-24-12-15/h1-7,10-12H,8-9,13H2,(H,25,28)(H,26,27). The van der Waals surface area contributed by atoms with Gasteiger partial charge in [0, 0.05) is 29.7 Å². The van der Waals surface area contributed by atoms with Crippen molar-refractivity contribution in [2.45, 2.75) is 0 Å². The molecule has 9 heteroatoms. The molecule has 1 amide bonds. The number of carbonyl (C=O) groups is 2. The fourth-order valence-electron chi connectivity index (χ4n) is 3.31. The molecule has 2 N–H and O–H groups in total. The van der Waals surface area contributed by atoms with Crippen molar-refractivity contribution < 1.29 is 23.8 Å². The van der Waals surface area contributed by atoms with Crippen molar-refractivity contribution in [3.8, 4) is 22.9 Å². The molecule has 32 heavy (non-hydrogen) atoms. The number of esters is 1. The van der Waals surface area contributed by atoms with Crippen molar-refractivity contribution in [1.82, 2.24) is 15.0 Å². The molecule has 0 radical (unpaired) electrons. The number of aromatic nitrogens is 3. The first kappa shape index (κ1) is 19.6. The van der Waals surface area contributed by atoms with Gasteiger partial charge < -0.3 is 24.5 Å². The zero-order valence-electron chi connectivity index (χ0n) is 16.8. The number of nitrogens with zero attached hydrogens (tertiary/aromatic N) is 2. The van der Waals surface area contributed by atoms with Crippen LogP contribution in [0.5, 0.6) is 11.5 Å². The third-order valence-electron chi connectivity index (χ3n) is 4.81. The summed E-state index contributed by atoms with van der Waals surface area (Å²) in [5.41, 5.74) is 3.06. The van der Waals surface area contributed by atoms with E-state index in [-0.39, 0.29) is 0 Å². The molecule has 2 aromatic heterocycles. The highest BCUT2D eigenvalue weighted by Gasteiger charge is 2.15. The smallest absolute Gasteiger partial charge is 0.338 e. The maximum Gasteiger partial charge on any atom is 0.338 e. The predicted octanol–water partition coefficient (Wildman–Crippen LogP) is 3.19. The number of imidazole rings is 1. The van der Waals surface area contributed by atoms with Gasteiger partial charge in [-0.25, -0.2) is 9.78 Å². The molecule has 0 spiro atoms. The van der Waals surface area contributed by atoms with E-state index in [1.54, 1.807) is 48.8 Å². The van der Waals surface area contributed by atoms with Gasteiger partial charge in [0.1, 0.15) is 19.0 Å². The van der Waals surface area contributed by atoms with Gasteiger partial charge in [-0.05, 0) is 42.5 Å². The molecule has 5 rings (SSSR count). The summed E-state index contributed by atoms with van der Waals surface area (Å²) in [6.07, 6.45) is 3.39. The van der Waals surface area contributed by atoms with Crippen LogP contribution < -0.4 is 14.8 Å². The highest BCUT2D eigenvalue weighted by molar-refractivity contribution is 5.97. The predicted molar refractivity (Wildman–Crippen MR) is 116 cm³/mol. The Morgan fingerprint density at radius 2 is 1.94 bits per heavy atom. The molecular weight excluding hydrogens is 412 g/mol. The molecule has 0 saturated heterocycles. The van der Waals surface area contributed by atoms with E-state index in [4.69, 9.17) is 14.2 Å². The summed E-state index contributed by atoms with van der Waals surface area (Å²) in [7, 11) is 0. The molecule has 0 bridgehead atoms. The second-order valence-electron chi connectivity index (χ2n) is 7.04. The van der Waals surface area contributed by atoms with Crippen LogP contribution in [0.1, 0.15) is 10.4 Å². The van der Waals surface area contributed by atoms with Gasteiger partial charge in [0.15, 0.2) is 18.1 Å². The minimum absolute atomic E-state index is 0.311. The summed E-state index contributed by atoms with van der Waals surface area (Å²) < 4.78 is 16.1. The first-order valence-electron chi connectivity index (χ1n) is 9.92. The average molecular weight is 430 g/mol. The van der Waals surface area contributed by atoms with E-state index in [9.17, 15) is 9.59 Å². The quantitative estimate of drug-likeness (QED) is 0.467. The van der Waals surface area contributed by atoms with Crippen molar-refractivity contribution in [2.24, 2.45) is 0 Å². The van der Waals surface area contributed by atoms with Gasteiger partial charge in [0.05, 0.1) is 16.6 Å². The summed E-state index contributed by atoms with van der Waals surface area (Å²) >= 11 is 0. The number of hydrogen-bond acceptors (Lipinski definition) is 7. The number of carbonyl (C=O) groups excluding carboxylic acids is 2. The molecule has 0 saturated carbocycles. The third-order valence-corrected chi connectivity index (χ3v) is 4.81. The molecule has 4 aromatic rings. The average Bonchev–Trinajstić information content (AvgIpc) is 3.26. The number of nitrogens with one attached hydrogen (secondary N) is 2. The van der Waals surface area contributed by atoms with Gasteiger partial charge >= 0.3 is 5.97 Å². The van der Waals surface area contributed by atoms with Gasteiger partial charge in [-0.3, -0.25) is 9.78 Å². The van der Waals surface area contributed by atoms with Crippen molar-refractivity contribution in [2.75, 3.05) is 25.1 Å². The molecule has 0 fully saturated rings. The first-order chi connectivity index (χ1) is 15.7. The number of H-pyrrole nitrogens is 1. The van der Waals surface area contributed by atoms with Gasteiger partial charge in [0.25, 0.3) is 5.91 Å². The van der Waals surface area contributed by atoms with Gasteiger partial charge in [0.2, 0.25) is 0 Å². The van der Waals surface area contributed by atoms with E-state index < -0.39 is 18.5 Å². The minimum atomic E-state index is -0.609. The topological polar surface area (TPSA) is 115 Å². The van der Waals surface area contributed by atoms with Crippen molar-refractivity contribution in [3.63, 3.8) is 0 Å². The van der Waals surface area contributed by atoms with E-state index in [0.717, 1.165) is 5.56 Å². The molecule has 1 aliphatic heterocycles. The lowest BCUT2D eigenvalue weighted by atomic mass is 10.2. The van der Waals surface area contributed by atoms with Crippen LogP contribution in [-0.4, -0.2) is 46.6 Å². The van der Waals surface area contributed by atoms with Crippen LogP contribution in [0.4, 0.5) is 5.69 Å². The van der Waals surface area contributed by atoms with Gasteiger partial charge in [-0.15, -0.1) is 0 Å². The fraction of sp³-hybridized carbons (Fsp3) is 0.130. The van der Waals surface area contributed by atoms with Gasteiger partial charge in [-0.2, -0.15) is 0 Å². The van der Waals surface area contributed by atoms with Crippen LogP contribution >= 0.6 is 0 Å². The van der Waals surface area contributed by atoms with Crippen LogP contribution in [0.25, 0.3) is 22.4 Å². The maximum atomic E-state index is 12.4. The number of aromatic amines is 1. The third kappa shape index (κ3) is 4.08. The lowest BCUT2D eigenvalue weighted by molar-refractivity contribution is -0.119. The Bertz CT molecular complexity index is 1300. The van der Waals surface area contributed by atoms with Crippen molar-refractivity contribution >= 4 is 28.6 Å². The number of pyridine rings is 1. The Balaban J connectivity index is 1.22. The van der Waals surface area contributed by atoms with E-state index >= 15 is 0 Å². The Hall–Kier alpha value is -4.40. The van der Waals surface area contributed by atoms with Crippen LogP contribution in [0.2, 0.25) is 0 Å². The molecule has 1 aliphatic rings. The summed E-state index contributed by atoms with van der Waals surface area (Å²) in [5, 5.41) is 2.68. The van der Waals surface area contributed by atoms with E-state index in [1.807, 2.05) is 12.1 Å². The Kier molecular flexibility index (Phi) is 5.12. The summed E-state index contributed by atoms with van der Waals surface area (Å²) in [6.45, 7) is 0.519. The highest BCUT2D eigenvalue weighted by Crippen LogP contribution is 2.32. The van der Waals surface area contributed by atoms with Gasteiger partial charge in [-0.1, -0.05) is 0 Å². The zero-order valence-corrected chi connectivity index (χ0v) is 16.8. The number of fused-ring (bicyclic) bond motifs is 2. The second-order valence-corrected chi connectivity index (χ2v) is 7.04. The lowest BCUT2D eigenvalue weighted by Gasteiger charge is -2.19. The van der Waals surface area contributed by atoms with Crippen LogP contribution in [0, 0.1) is 0 Å². The number of benzene rings is 2. The molecule has 160 valence electrons. The molecule has 3 heterocycles. The van der Waals surface area contributed by atoms with Crippen molar-refractivity contribution in [1.29, 1.82) is 0 Å². The molecule has 0 aliphatic carbocycles. The second kappa shape index (κ2) is 8.38. The number of hydrogen-bond donors (Lipinski definition) is 2. The number of ether oxygens (including phenoxy) is 3. The van der Waals surface area contributed by atoms with E-state index in [0.29, 0.717) is 52.8 Å². The number of rotatable bonds is 5. The van der Waals surface area contributed by atoms with E-state index in [1.165, 1.54) is 0 Å². The molecule has 9 nitrogen and oxygen atoms in total. The van der Waals surface area contributed by atoms with E-state index in [2.05, 4.69) is 20.3 Å².